The minimum Gasteiger partial charge on any atom is -0.490 e. The summed E-state index contributed by atoms with van der Waals surface area (Å²) in [7, 11) is 0. The number of aryl methyl sites for hydroxylation is 3. The Balaban J connectivity index is 1.79. The summed E-state index contributed by atoms with van der Waals surface area (Å²) in [6.45, 7) is 7.58. The molecule has 0 bridgehead atoms. The highest BCUT2D eigenvalue weighted by atomic mass is 32.1. The zero-order chi connectivity index (χ0) is 21.6. The highest BCUT2D eigenvalue weighted by molar-refractivity contribution is 7.17. The van der Waals surface area contributed by atoms with E-state index in [1.807, 2.05) is 20.8 Å². The van der Waals surface area contributed by atoms with E-state index >= 15 is 0 Å². The molecule has 0 saturated heterocycles. The predicted molar refractivity (Wildman–Crippen MR) is 115 cm³/mol. The summed E-state index contributed by atoms with van der Waals surface area (Å²) in [6, 6.07) is 6.57. The molecule has 1 aromatic carbocycles. The number of hydrogen-bond donors (Lipinski definition) is 1. The molecular weight excluding hydrogens is 406 g/mol. The molecule has 1 N–H and O–H groups in total. The van der Waals surface area contributed by atoms with Gasteiger partial charge in [0.15, 0.2) is 16.3 Å². The highest BCUT2D eigenvalue weighted by Gasteiger charge is 2.20. The van der Waals surface area contributed by atoms with Crippen LogP contribution in [-0.4, -0.2) is 21.9 Å². The van der Waals surface area contributed by atoms with Crippen LogP contribution >= 0.6 is 11.3 Å². The molecule has 4 aromatic rings. The number of amides is 1. The second kappa shape index (κ2) is 7.42. The Kier molecular flexibility index (Phi) is 4.90. The van der Waals surface area contributed by atoms with Crippen molar-refractivity contribution in [2.24, 2.45) is 0 Å². The maximum atomic E-state index is 13.0. The molecule has 0 aliphatic carbocycles. The lowest BCUT2D eigenvalue weighted by Gasteiger charge is -2.09. The lowest BCUT2D eigenvalue weighted by atomic mass is 10.1. The van der Waals surface area contributed by atoms with Gasteiger partial charge >= 0.3 is 5.63 Å². The molecule has 0 aliphatic heterocycles. The Morgan fingerprint density at radius 2 is 2.03 bits per heavy atom. The largest absolute Gasteiger partial charge is 0.490 e. The van der Waals surface area contributed by atoms with Gasteiger partial charge < -0.3 is 14.5 Å². The number of nitrogens with one attached hydrogen (secondary N) is 1. The number of anilines is 1. The van der Waals surface area contributed by atoms with E-state index in [1.165, 1.54) is 21.8 Å². The molecule has 30 heavy (non-hydrogen) atoms. The standard InChI is InChI=1S/C21H19N3O5S/c1-5-28-15-8-6-7-13-9-14(20(27)29-17(13)15)18(25)23-16-10(2)22-21-24(19(16)26)11(3)12(4)30-21/h6-9H,5H2,1-4H3,(H,23,25). The first kappa shape index (κ1) is 19.8. The molecule has 8 nitrogen and oxygen atoms in total. The number of carbonyl (C=O) groups is 1. The Labute approximate surface area is 174 Å². The van der Waals surface area contributed by atoms with Crippen LogP contribution in [0.1, 0.15) is 33.5 Å². The summed E-state index contributed by atoms with van der Waals surface area (Å²) in [5, 5.41) is 3.09. The summed E-state index contributed by atoms with van der Waals surface area (Å²) >= 11 is 1.40. The first-order valence-electron chi connectivity index (χ1n) is 9.32. The van der Waals surface area contributed by atoms with Crippen LogP contribution in [0, 0.1) is 20.8 Å². The van der Waals surface area contributed by atoms with Gasteiger partial charge in [-0.1, -0.05) is 12.1 Å². The van der Waals surface area contributed by atoms with Crippen molar-refractivity contribution in [1.29, 1.82) is 0 Å². The van der Waals surface area contributed by atoms with Crippen molar-refractivity contribution in [3.63, 3.8) is 0 Å². The van der Waals surface area contributed by atoms with Gasteiger partial charge in [0.25, 0.3) is 11.5 Å². The Hall–Kier alpha value is -3.46. The fraction of sp³-hybridized carbons (Fsp3) is 0.238. The number of carbonyl (C=O) groups excluding carboxylic acids is 1. The van der Waals surface area contributed by atoms with Gasteiger partial charge in [-0.3, -0.25) is 14.0 Å². The molecule has 3 heterocycles. The van der Waals surface area contributed by atoms with E-state index < -0.39 is 17.1 Å². The second-order valence-corrected chi connectivity index (χ2v) is 7.93. The van der Waals surface area contributed by atoms with Crippen LogP contribution < -0.4 is 21.2 Å². The van der Waals surface area contributed by atoms with Crippen LogP contribution in [0.5, 0.6) is 5.75 Å². The molecule has 4 rings (SSSR count). The number of benzene rings is 1. The molecule has 1 amide bonds. The maximum Gasteiger partial charge on any atom is 0.349 e. The summed E-state index contributed by atoms with van der Waals surface area (Å²) in [4.78, 5) is 44.2. The van der Waals surface area contributed by atoms with Crippen LogP contribution in [0.2, 0.25) is 0 Å². The topological polar surface area (TPSA) is 103 Å². The van der Waals surface area contributed by atoms with E-state index in [1.54, 1.807) is 25.1 Å². The van der Waals surface area contributed by atoms with E-state index in [2.05, 4.69) is 10.3 Å². The summed E-state index contributed by atoms with van der Waals surface area (Å²) in [5.41, 5.74) is 0.0110. The zero-order valence-electron chi connectivity index (χ0n) is 16.9. The van der Waals surface area contributed by atoms with Gasteiger partial charge in [-0.25, -0.2) is 9.78 Å². The molecule has 0 saturated carbocycles. The van der Waals surface area contributed by atoms with Crippen molar-refractivity contribution < 1.29 is 13.9 Å². The van der Waals surface area contributed by atoms with Gasteiger partial charge in [-0.15, -0.1) is 11.3 Å². The van der Waals surface area contributed by atoms with Crippen LogP contribution in [0.25, 0.3) is 15.9 Å². The quantitative estimate of drug-likeness (QED) is 0.503. The number of nitrogens with zero attached hydrogens (tertiary/aromatic N) is 2. The molecule has 0 spiro atoms. The third-order valence-electron chi connectivity index (χ3n) is 4.83. The first-order chi connectivity index (χ1) is 14.3. The lowest BCUT2D eigenvalue weighted by molar-refractivity contribution is 0.102. The van der Waals surface area contributed by atoms with Crippen LogP contribution in [0.4, 0.5) is 5.69 Å². The van der Waals surface area contributed by atoms with Crippen molar-refractivity contribution in [2.45, 2.75) is 27.7 Å². The van der Waals surface area contributed by atoms with Crippen molar-refractivity contribution in [3.8, 4) is 5.75 Å². The van der Waals surface area contributed by atoms with E-state index in [-0.39, 0.29) is 16.8 Å². The fourth-order valence-electron chi connectivity index (χ4n) is 3.21. The predicted octanol–water partition coefficient (Wildman–Crippen LogP) is 3.44. The number of rotatable bonds is 4. The van der Waals surface area contributed by atoms with Crippen molar-refractivity contribution in [1.82, 2.24) is 9.38 Å². The van der Waals surface area contributed by atoms with Gasteiger partial charge in [0.05, 0.1) is 12.3 Å². The molecule has 9 heteroatoms. The average molecular weight is 425 g/mol. The molecule has 0 unspecified atom stereocenters. The minimum absolute atomic E-state index is 0.0287. The normalized spacial score (nSPS) is 11.2. The average Bonchev–Trinajstić information content (AvgIpc) is 2.98. The molecule has 154 valence electrons. The molecule has 0 fully saturated rings. The molecule has 0 atom stereocenters. The van der Waals surface area contributed by atoms with E-state index in [4.69, 9.17) is 9.15 Å². The van der Waals surface area contributed by atoms with Crippen LogP contribution in [0.3, 0.4) is 0 Å². The SMILES string of the molecule is CCOc1cccc2cc(C(=O)Nc3c(C)nc4sc(C)c(C)n4c3=O)c(=O)oc12. The molecule has 0 radical (unpaired) electrons. The molecule has 0 aliphatic rings. The number of hydrogen-bond acceptors (Lipinski definition) is 7. The number of fused-ring (bicyclic) bond motifs is 2. The van der Waals surface area contributed by atoms with Gasteiger partial charge in [-0.05, 0) is 39.8 Å². The highest BCUT2D eigenvalue weighted by Crippen LogP contribution is 2.25. The maximum absolute atomic E-state index is 13.0. The number of thiazole rings is 1. The monoisotopic (exact) mass is 425 g/mol. The Morgan fingerprint density at radius 1 is 1.27 bits per heavy atom. The van der Waals surface area contributed by atoms with E-state index in [9.17, 15) is 14.4 Å². The van der Waals surface area contributed by atoms with Crippen LogP contribution in [-0.2, 0) is 0 Å². The Bertz CT molecular complexity index is 1430. The summed E-state index contributed by atoms with van der Waals surface area (Å²) in [6.07, 6.45) is 0. The van der Waals surface area contributed by atoms with Gasteiger partial charge in [0, 0.05) is 16.0 Å². The van der Waals surface area contributed by atoms with Gasteiger partial charge in [0.1, 0.15) is 11.3 Å². The van der Waals surface area contributed by atoms with Crippen LogP contribution in [0.15, 0.2) is 38.3 Å². The van der Waals surface area contributed by atoms with Crippen molar-refractivity contribution in [3.05, 3.63) is 66.9 Å². The number of para-hydroxylation sites is 1. The summed E-state index contributed by atoms with van der Waals surface area (Å²) < 4.78 is 12.3. The number of aromatic nitrogens is 2. The van der Waals surface area contributed by atoms with E-state index in [0.29, 0.717) is 28.4 Å². The number of ether oxygens (including phenoxy) is 1. The smallest absolute Gasteiger partial charge is 0.349 e. The third-order valence-corrected chi connectivity index (χ3v) is 5.89. The third kappa shape index (κ3) is 3.17. The van der Waals surface area contributed by atoms with E-state index in [0.717, 1.165) is 10.6 Å². The van der Waals surface area contributed by atoms with Gasteiger partial charge in [-0.2, -0.15) is 0 Å². The van der Waals surface area contributed by atoms with Gasteiger partial charge in [0.2, 0.25) is 0 Å². The van der Waals surface area contributed by atoms with Crippen molar-refractivity contribution >= 4 is 38.9 Å². The minimum atomic E-state index is -0.818. The fourth-order valence-corrected chi connectivity index (χ4v) is 4.21. The Morgan fingerprint density at radius 3 is 2.77 bits per heavy atom. The molecule has 3 aromatic heterocycles. The first-order valence-corrected chi connectivity index (χ1v) is 10.1. The van der Waals surface area contributed by atoms with Crippen molar-refractivity contribution in [2.75, 3.05) is 11.9 Å². The second-order valence-electron chi connectivity index (χ2n) is 6.75. The summed E-state index contributed by atoms with van der Waals surface area (Å²) in [5.74, 6) is -0.315. The zero-order valence-corrected chi connectivity index (χ0v) is 17.7. The molecular formula is C21H19N3O5S. The lowest BCUT2D eigenvalue weighted by Crippen LogP contribution is -2.27.